The molecule has 1 heterocycles. The van der Waals surface area contributed by atoms with Crippen LogP contribution in [0.15, 0.2) is 24.3 Å². The number of pyridine rings is 1. The summed E-state index contributed by atoms with van der Waals surface area (Å²) in [6.45, 7) is 5.60. The number of nitrogens with zero attached hydrogens (tertiary/aromatic N) is 2. The van der Waals surface area contributed by atoms with E-state index in [9.17, 15) is 0 Å². The van der Waals surface area contributed by atoms with Crippen molar-refractivity contribution < 1.29 is 0 Å². The molecule has 1 aromatic heterocycles. The first-order valence-electron chi connectivity index (χ1n) is 12.7. The van der Waals surface area contributed by atoms with Crippen LogP contribution in [0.1, 0.15) is 108 Å². The van der Waals surface area contributed by atoms with E-state index >= 15 is 0 Å². The number of benzene rings is 1. The van der Waals surface area contributed by atoms with Gasteiger partial charge in [-0.25, -0.2) is 0 Å². The van der Waals surface area contributed by atoms with Crippen molar-refractivity contribution in [1.29, 1.82) is 0 Å². The van der Waals surface area contributed by atoms with Crippen LogP contribution in [-0.4, -0.2) is 24.0 Å². The number of rotatable bonds is 16. The van der Waals surface area contributed by atoms with Crippen molar-refractivity contribution in [3.8, 4) is 0 Å². The smallest absolute Gasteiger partial charge is 0.0708 e. The molecule has 0 amide bonds. The number of aryl methyl sites for hydroxylation is 1. The zero-order valence-electron chi connectivity index (χ0n) is 20.3. The van der Waals surface area contributed by atoms with Gasteiger partial charge in [-0.3, -0.25) is 4.98 Å². The van der Waals surface area contributed by atoms with Gasteiger partial charge in [-0.05, 0) is 57.0 Å². The van der Waals surface area contributed by atoms with Crippen molar-refractivity contribution in [2.24, 2.45) is 0 Å². The van der Waals surface area contributed by atoms with Crippen LogP contribution < -0.4 is 0 Å². The molecule has 0 N–H and O–H groups in total. The first-order valence-corrected chi connectivity index (χ1v) is 12.7. The third-order valence-corrected chi connectivity index (χ3v) is 6.22. The maximum absolute atomic E-state index is 5.19. The Morgan fingerprint density at radius 2 is 1.23 bits per heavy atom. The van der Waals surface area contributed by atoms with Crippen LogP contribution in [-0.2, 0) is 19.4 Å². The van der Waals surface area contributed by atoms with E-state index < -0.39 is 0 Å². The van der Waals surface area contributed by atoms with Crippen LogP contribution in [0.5, 0.6) is 0 Å². The summed E-state index contributed by atoms with van der Waals surface area (Å²) in [6.07, 6.45) is 18.5. The summed E-state index contributed by atoms with van der Waals surface area (Å²) in [4.78, 5) is 7.51. The van der Waals surface area contributed by atoms with Gasteiger partial charge in [-0.1, -0.05) is 96.3 Å². The SMILES string of the molecule is CCCCCCCCc1nc2ccccc2c(CN(C)C)c1CCCCCCCC. The molecule has 0 aliphatic carbocycles. The second-order valence-corrected chi connectivity index (χ2v) is 9.31. The number of aromatic nitrogens is 1. The average Bonchev–Trinajstić information content (AvgIpc) is 2.74. The second-order valence-electron chi connectivity index (χ2n) is 9.31. The highest BCUT2D eigenvalue weighted by molar-refractivity contribution is 5.83. The summed E-state index contributed by atoms with van der Waals surface area (Å²) in [7, 11) is 4.38. The molecular weight excluding hydrogens is 364 g/mol. The monoisotopic (exact) mass is 410 g/mol. The highest BCUT2D eigenvalue weighted by Gasteiger charge is 2.15. The standard InChI is InChI=1S/C28H46N2/c1-5-7-9-11-13-15-19-24-26(23-30(3)4)25-20-17-18-22-28(25)29-27(24)21-16-14-12-10-8-6-2/h17-18,20,22H,5-16,19,21,23H2,1-4H3. The Morgan fingerprint density at radius 1 is 0.667 bits per heavy atom. The Labute approximate surface area is 186 Å². The van der Waals surface area contributed by atoms with Crippen molar-refractivity contribution in [2.75, 3.05) is 14.1 Å². The van der Waals surface area contributed by atoms with Gasteiger partial charge in [-0.15, -0.1) is 0 Å². The lowest BCUT2D eigenvalue weighted by atomic mass is 9.93. The second kappa shape index (κ2) is 14.6. The number of hydrogen-bond acceptors (Lipinski definition) is 2. The molecule has 168 valence electrons. The van der Waals surface area contributed by atoms with Gasteiger partial charge in [0.2, 0.25) is 0 Å². The van der Waals surface area contributed by atoms with Crippen molar-refractivity contribution in [1.82, 2.24) is 9.88 Å². The molecule has 30 heavy (non-hydrogen) atoms. The summed E-state index contributed by atoms with van der Waals surface area (Å²) in [5, 5.41) is 1.36. The summed E-state index contributed by atoms with van der Waals surface area (Å²) in [5.41, 5.74) is 5.66. The van der Waals surface area contributed by atoms with Crippen molar-refractivity contribution >= 4 is 10.9 Å². The Kier molecular flexibility index (Phi) is 12.1. The lowest BCUT2D eigenvalue weighted by Gasteiger charge is -2.20. The number of fused-ring (bicyclic) bond motifs is 1. The topological polar surface area (TPSA) is 16.1 Å². The lowest BCUT2D eigenvalue weighted by Crippen LogP contribution is -2.15. The highest BCUT2D eigenvalue weighted by Crippen LogP contribution is 2.28. The summed E-state index contributed by atoms with van der Waals surface area (Å²) < 4.78 is 0. The van der Waals surface area contributed by atoms with E-state index in [1.807, 2.05) is 0 Å². The Morgan fingerprint density at radius 3 is 1.87 bits per heavy atom. The molecular formula is C28H46N2. The van der Waals surface area contributed by atoms with Gasteiger partial charge in [0, 0.05) is 17.6 Å². The Bertz CT molecular complexity index is 720. The van der Waals surface area contributed by atoms with E-state index in [1.165, 1.54) is 106 Å². The van der Waals surface area contributed by atoms with Crippen LogP contribution in [0.2, 0.25) is 0 Å². The van der Waals surface area contributed by atoms with Gasteiger partial charge in [0.15, 0.2) is 0 Å². The fourth-order valence-electron chi connectivity index (χ4n) is 4.53. The van der Waals surface area contributed by atoms with Gasteiger partial charge in [0.25, 0.3) is 0 Å². The van der Waals surface area contributed by atoms with Gasteiger partial charge in [0.05, 0.1) is 5.52 Å². The van der Waals surface area contributed by atoms with E-state index in [0.717, 1.165) is 13.0 Å². The lowest BCUT2D eigenvalue weighted by molar-refractivity contribution is 0.401. The van der Waals surface area contributed by atoms with E-state index in [4.69, 9.17) is 4.98 Å². The number of hydrogen-bond donors (Lipinski definition) is 0. The molecule has 0 radical (unpaired) electrons. The zero-order valence-corrected chi connectivity index (χ0v) is 20.3. The van der Waals surface area contributed by atoms with Crippen LogP contribution in [0, 0.1) is 0 Å². The number of para-hydroxylation sites is 1. The molecule has 0 atom stereocenters. The van der Waals surface area contributed by atoms with Gasteiger partial charge < -0.3 is 4.90 Å². The Balaban J connectivity index is 2.17. The highest BCUT2D eigenvalue weighted by atomic mass is 15.0. The molecule has 2 nitrogen and oxygen atoms in total. The molecule has 0 saturated carbocycles. The van der Waals surface area contributed by atoms with E-state index in [2.05, 4.69) is 57.1 Å². The fraction of sp³-hybridized carbons (Fsp3) is 0.679. The van der Waals surface area contributed by atoms with E-state index in [1.54, 1.807) is 5.56 Å². The van der Waals surface area contributed by atoms with Crippen molar-refractivity contribution in [3.63, 3.8) is 0 Å². The largest absolute Gasteiger partial charge is 0.305 e. The zero-order chi connectivity index (χ0) is 21.6. The molecule has 0 bridgehead atoms. The van der Waals surface area contributed by atoms with Crippen LogP contribution >= 0.6 is 0 Å². The predicted octanol–water partition coefficient (Wildman–Crippen LogP) is 8.10. The van der Waals surface area contributed by atoms with Gasteiger partial charge in [-0.2, -0.15) is 0 Å². The minimum atomic E-state index is 1.01. The van der Waals surface area contributed by atoms with Gasteiger partial charge in [0.1, 0.15) is 0 Å². The molecule has 0 fully saturated rings. The molecule has 2 rings (SSSR count). The van der Waals surface area contributed by atoms with Crippen LogP contribution in [0.4, 0.5) is 0 Å². The van der Waals surface area contributed by atoms with E-state index in [0.29, 0.717) is 0 Å². The molecule has 2 aromatic rings. The predicted molar refractivity (Wildman–Crippen MR) is 133 cm³/mol. The fourth-order valence-corrected chi connectivity index (χ4v) is 4.53. The molecule has 2 heteroatoms. The first-order chi connectivity index (χ1) is 14.7. The molecule has 0 aliphatic rings. The van der Waals surface area contributed by atoms with E-state index in [-0.39, 0.29) is 0 Å². The third kappa shape index (κ3) is 8.38. The van der Waals surface area contributed by atoms with Crippen LogP contribution in [0.3, 0.4) is 0 Å². The first kappa shape index (κ1) is 24.9. The molecule has 0 saturated heterocycles. The maximum Gasteiger partial charge on any atom is 0.0708 e. The van der Waals surface area contributed by atoms with Crippen molar-refractivity contribution in [3.05, 3.63) is 41.1 Å². The quantitative estimate of drug-likeness (QED) is 0.260. The van der Waals surface area contributed by atoms with Crippen molar-refractivity contribution in [2.45, 2.75) is 110 Å². The summed E-state index contributed by atoms with van der Waals surface area (Å²) in [5.74, 6) is 0. The molecule has 0 aliphatic heterocycles. The minimum Gasteiger partial charge on any atom is -0.305 e. The molecule has 0 unspecified atom stereocenters. The third-order valence-electron chi connectivity index (χ3n) is 6.22. The molecule has 0 spiro atoms. The number of unbranched alkanes of at least 4 members (excludes halogenated alkanes) is 10. The summed E-state index contributed by atoms with van der Waals surface area (Å²) in [6, 6.07) is 8.79. The average molecular weight is 411 g/mol. The minimum absolute atomic E-state index is 1.01. The maximum atomic E-state index is 5.19. The Hall–Kier alpha value is -1.41. The summed E-state index contributed by atoms with van der Waals surface area (Å²) >= 11 is 0. The normalized spacial score (nSPS) is 11.6. The molecule has 1 aromatic carbocycles. The van der Waals surface area contributed by atoms with Gasteiger partial charge >= 0.3 is 0 Å². The van der Waals surface area contributed by atoms with Crippen LogP contribution in [0.25, 0.3) is 10.9 Å².